The van der Waals surface area contributed by atoms with Gasteiger partial charge in [0.05, 0.1) is 11.8 Å². The normalized spacial score (nSPS) is 19.4. The summed E-state index contributed by atoms with van der Waals surface area (Å²) >= 11 is 1.68. The molecule has 122 valence electrons. The molecule has 0 spiro atoms. The fourth-order valence-electron chi connectivity index (χ4n) is 3.25. The van der Waals surface area contributed by atoms with Gasteiger partial charge < -0.3 is 10.4 Å². The number of fused-ring (bicyclic) bond motifs is 1. The molecule has 3 nitrogen and oxygen atoms in total. The van der Waals surface area contributed by atoms with Gasteiger partial charge in [0.15, 0.2) is 0 Å². The first-order chi connectivity index (χ1) is 11.7. The van der Waals surface area contributed by atoms with Crippen molar-refractivity contribution >= 4 is 11.3 Å². The summed E-state index contributed by atoms with van der Waals surface area (Å²) < 4.78 is 0. The van der Waals surface area contributed by atoms with Crippen LogP contribution in [0.4, 0.5) is 0 Å². The van der Waals surface area contributed by atoms with Crippen molar-refractivity contribution in [2.75, 3.05) is 0 Å². The van der Waals surface area contributed by atoms with Crippen LogP contribution in [0.25, 0.3) is 10.6 Å². The number of nitrogens with one attached hydrogen (secondary N) is 1. The Morgan fingerprint density at radius 2 is 1.88 bits per heavy atom. The Morgan fingerprint density at radius 1 is 1.12 bits per heavy atom. The van der Waals surface area contributed by atoms with Gasteiger partial charge in [-0.3, -0.25) is 0 Å². The van der Waals surface area contributed by atoms with Gasteiger partial charge in [0, 0.05) is 23.5 Å². The monoisotopic (exact) mass is 336 g/mol. The Kier molecular flexibility index (Phi) is 4.19. The third-order valence-corrected chi connectivity index (χ3v) is 5.51. The second-order valence-electron chi connectivity index (χ2n) is 6.32. The minimum absolute atomic E-state index is 0.195. The van der Waals surface area contributed by atoms with Gasteiger partial charge in [-0.1, -0.05) is 54.1 Å². The average Bonchev–Trinajstić information content (AvgIpc) is 3.19. The number of rotatable bonds is 4. The zero-order valence-electron chi connectivity index (χ0n) is 13.6. The van der Waals surface area contributed by atoms with E-state index in [1.54, 1.807) is 11.3 Å². The highest BCUT2D eigenvalue weighted by Gasteiger charge is 2.28. The lowest BCUT2D eigenvalue weighted by molar-refractivity contribution is 0.168. The Balaban J connectivity index is 1.45. The number of nitrogens with zero attached hydrogens (tertiary/aromatic N) is 1. The third-order valence-electron chi connectivity index (χ3n) is 4.57. The predicted molar refractivity (Wildman–Crippen MR) is 97.9 cm³/mol. The molecule has 2 N–H and O–H groups in total. The lowest BCUT2D eigenvalue weighted by Crippen LogP contribution is -2.19. The Labute approximate surface area is 146 Å². The molecule has 2 atom stereocenters. The minimum atomic E-state index is -0.364. The molecule has 0 amide bonds. The summed E-state index contributed by atoms with van der Waals surface area (Å²) in [6, 6.07) is 16.8. The van der Waals surface area contributed by atoms with E-state index in [0.717, 1.165) is 22.7 Å². The summed E-state index contributed by atoms with van der Waals surface area (Å²) in [5.74, 6) is 0. The van der Waals surface area contributed by atoms with Crippen molar-refractivity contribution in [2.45, 2.75) is 32.0 Å². The van der Waals surface area contributed by atoms with E-state index in [0.29, 0.717) is 6.54 Å². The first-order valence-electron chi connectivity index (χ1n) is 8.22. The summed E-state index contributed by atoms with van der Waals surface area (Å²) in [6.07, 6.45) is 0.367. The predicted octanol–water partition coefficient (Wildman–Crippen LogP) is 4.39. The van der Waals surface area contributed by atoms with Crippen molar-refractivity contribution in [2.24, 2.45) is 0 Å². The zero-order chi connectivity index (χ0) is 16.5. The number of aliphatic hydroxyl groups is 1. The van der Waals surface area contributed by atoms with Gasteiger partial charge in [0.2, 0.25) is 0 Å². The van der Waals surface area contributed by atoms with E-state index < -0.39 is 0 Å². The molecule has 0 bridgehead atoms. The van der Waals surface area contributed by atoms with E-state index in [1.807, 2.05) is 18.2 Å². The second-order valence-corrected chi connectivity index (χ2v) is 7.18. The van der Waals surface area contributed by atoms with E-state index in [1.165, 1.54) is 16.7 Å². The maximum atomic E-state index is 10.2. The van der Waals surface area contributed by atoms with Crippen LogP contribution in [0.1, 0.15) is 41.0 Å². The van der Waals surface area contributed by atoms with Gasteiger partial charge in [0.25, 0.3) is 0 Å². The van der Waals surface area contributed by atoms with E-state index >= 15 is 0 Å². The molecule has 0 saturated heterocycles. The van der Waals surface area contributed by atoms with Crippen LogP contribution in [0.3, 0.4) is 0 Å². The highest BCUT2D eigenvalue weighted by molar-refractivity contribution is 7.13. The summed E-state index contributed by atoms with van der Waals surface area (Å²) in [5.41, 5.74) is 5.73. The quantitative estimate of drug-likeness (QED) is 0.743. The lowest BCUT2D eigenvalue weighted by atomic mass is 10.1. The first-order valence-corrected chi connectivity index (χ1v) is 9.10. The van der Waals surface area contributed by atoms with Crippen LogP contribution >= 0.6 is 11.3 Å². The van der Waals surface area contributed by atoms with Crippen LogP contribution in [0.15, 0.2) is 53.9 Å². The number of hydrogen-bond acceptors (Lipinski definition) is 4. The Hall–Kier alpha value is -2.01. The van der Waals surface area contributed by atoms with Gasteiger partial charge >= 0.3 is 0 Å². The minimum Gasteiger partial charge on any atom is -0.388 e. The fraction of sp³-hybridized carbons (Fsp3) is 0.250. The van der Waals surface area contributed by atoms with Crippen LogP contribution in [0, 0.1) is 6.92 Å². The van der Waals surface area contributed by atoms with Crippen molar-refractivity contribution in [1.29, 1.82) is 0 Å². The third kappa shape index (κ3) is 3.00. The van der Waals surface area contributed by atoms with Crippen LogP contribution in [0.2, 0.25) is 0 Å². The highest BCUT2D eigenvalue weighted by Crippen LogP contribution is 2.38. The number of aryl methyl sites for hydroxylation is 1. The van der Waals surface area contributed by atoms with E-state index in [4.69, 9.17) is 4.98 Å². The molecular formula is C20H20N2OS. The molecule has 1 aromatic heterocycles. The first kappa shape index (κ1) is 15.5. The average molecular weight is 336 g/mol. The molecule has 4 heteroatoms. The molecule has 2 aromatic carbocycles. The molecule has 0 radical (unpaired) electrons. The molecule has 3 aromatic rings. The van der Waals surface area contributed by atoms with Crippen LogP contribution < -0.4 is 5.32 Å². The molecule has 1 aliphatic rings. The molecule has 2 unspecified atom stereocenters. The van der Waals surface area contributed by atoms with Crippen molar-refractivity contribution in [1.82, 2.24) is 10.3 Å². The molecule has 0 saturated carbocycles. The molecular weight excluding hydrogens is 316 g/mol. The maximum Gasteiger partial charge on any atom is 0.123 e. The maximum absolute atomic E-state index is 10.2. The highest BCUT2D eigenvalue weighted by atomic mass is 32.1. The fourth-order valence-corrected chi connectivity index (χ4v) is 4.07. The topological polar surface area (TPSA) is 45.2 Å². The summed E-state index contributed by atoms with van der Waals surface area (Å²) in [5, 5.41) is 16.9. The molecule has 1 heterocycles. The van der Waals surface area contributed by atoms with Gasteiger partial charge in [-0.25, -0.2) is 4.98 Å². The van der Waals surface area contributed by atoms with Crippen molar-refractivity contribution in [3.05, 3.63) is 76.3 Å². The number of benzene rings is 2. The summed E-state index contributed by atoms with van der Waals surface area (Å²) in [6.45, 7) is 2.81. The molecule has 24 heavy (non-hydrogen) atoms. The van der Waals surface area contributed by atoms with Crippen LogP contribution in [-0.4, -0.2) is 10.1 Å². The van der Waals surface area contributed by atoms with E-state index in [9.17, 15) is 5.11 Å². The second kappa shape index (κ2) is 6.48. The standard InChI is InChI=1S/C20H20N2OS/c1-13-6-8-14(9-7-13)20-22-15(12-24-20)11-21-18-10-19(23)17-5-3-2-4-16(17)18/h2-9,12,18-19,21,23H,10-11H2,1H3. The molecule has 0 fully saturated rings. The molecule has 0 aliphatic heterocycles. The van der Waals surface area contributed by atoms with E-state index in [2.05, 4.69) is 48.0 Å². The van der Waals surface area contributed by atoms with Gasteiger partial charge in [-0.2, -0.15) is 0 Å². The number of aromatic nitrogens is 1. The summed E-state index contributed by atoms with van der Waals surface area (Å²) in [7, 11) is 0. The van der Waals surface area contributed by atoms with Gasteiger partial charge in [0.1, 0.15) is 5.01 Å². The molecule has 1 aliphatic carbocycles. The van der Waals surface area contributed by atoms with Crippen molar-refractivity contribution in [3.63, 3.8) is 0 Å². The largest absolute Gasteiger partial charge is 0.388 e. The van der Waals surface area contributed by atoms with Crippen LogP contribution in [-0.2, 0) is 6.54 Å². The number of thiazole rings is 1. The van der Waals surface area contributed by atoms with Crippen molar-refractivity contribution in [3.8, 4) is 10.6 Å². The lowest BCUT2D eigenvalue weighted by Gasteiger charge is -2.12. The van der Waals surface area contributed by atoms with Gasteiger partial charge in [-0.15, -0.1) is 11.3 Å². The van der Waals surface area contributed by atoms with Crippen LogP contribution in [0.5, 0.6) is 0 Å². The number of aliphatic hydroxyl groups excluding tert-OH is 1. The summed E-state index contributed by atoms with van der Waals surface area (Å²) in [4.78, 5) is 4.74. The Bertz CT molecular complexity index is 841. The zero-order valence-corrected chi connectivity index (χ0v) is 14.4. The number of hydrogen-bond donors (Lipinski definition) is 2. The smallest absolute Gasteiger partial charge is 0.123 e. The van der Waals surface area contributed by atoms with Crippen molar-refractivity contribution < 1.29 is 5.11 Å². The molecule has 4 rings (SSSR count). The SMILES string of the molecule is Cc1ccc(-c2nc(CNC3CC(O)c4ccccc43)cs2)cc1. The van der Waals surface area contributed by atoms with E-state index in [-0.39, 0.29) is 12.1 Å². The van der Waals surface area contributed by atoms with Gasteiger partial charge in [-0.05, 0) is 24.5 Å². The Morgan fingerprint density at radius 3 is 2.67 bits per heavy atom.